The molecule has 0 spiro atoms. The van der Waals surface area contributed by atoms with Gasteiger partial charge < -0.3 is 10.5 Å². The molecule has 1 aromatic carbocycles. The van der Waals surface area contributed by atoms with Crippen LogP contribution in [0, 0.1) is 11.8 Å². The molecular formula is C14H18Cl3NO. The van der Waals surface area contributed by atoms with Crippen molar-refractivity contribution >= 4 is 34.8 Å². The smallest absolute Gasteiger partial charge is 0.139 e. The van der Waals surface area contributed by atoms with E-state index < -0.39 is 0 Å². The van der Waals surface area contributed by atoms with Crippen molar-refractivity contribution in [2.24, 2.45) is 17.6 Å². The number of rotatable bonds is 3. The maximum absolute atomic E-state index is 6.15. The fraction of sp³-hybridized carbons (Fsp3) is 0.571. The summed E-state index contributed by atoms with van der Waals surface area (Å²) >= 11 is 18.1. The Morgan fingerprint density at radius 3 is 2.53 bits per heavy atom. The van der Waals surface area contributed by atoms with Crippen LogP contribution in [0.1, 0.15) is 26.2 Å². The van der Waals surface area contributed by atoms with Crippen LogP contribution in [0.3, 0.4) is 0 Å². The first-order valence-electron chi connectivity index (χ1n) is 6.52. The van der Waals surface area contributed by atoms with E-state index in [1.807, 2.05) is 0 Å². The fourth-order valence-corrected chi connectivity index (χ4v) is 3.14. The molecule has 0 saturated heterocycles. The van der Waals surface area contributed by atoms with Crippen molar-refractivity contribution in [1.82, 2.24) is 0 Å². The predicted molar refractivity (Wildman–Crippen MR) is 81.4 cm³/mol. The molecule has 1 fully saturated rings. The minimum absolute atomic E-state index is 0.100. The number of hydrogen-bond donors (Lipinski definition) is 1. The van der Waals surface area contributed by atoms with E-state index in [1.165, 1.54) is 6.42 Å². The zero-order valence-corrected chi connectivity index (χ0v) is 13.1. The summed E-state index contributed by atoms with van der Waals surface area (Å²) in [5.41, 5.74) is 5.82. The molecule has 0 aliphatic heterocycles. The highest BCUT2D eigenvalue weighted by Crippen LogP contribution is 2.37. The fourth-order valence-electron chi connectivity index (χ4n) is 2.56. The molecule has 5 heteroatoms. The summed E-state index contributed by atoms with van der Waals surface area (Å²) in [5.74, 6) is 1.62. The standard InChI is InChI=1S/C14H18Cl3NO/c1-8-2-3-9(7-18)13(4-8)19-14-6-11(16)10(15)5-12(14)17/h5-6,8-9,13H,2-4,7,18H2,1H3. The van der Waals surface area contributed by atoms with E-state index in [0.717, 1.165) is 12.8 Å². The molecule has 0 radical (unpaired) electrons. The van der Waals surface area contributed by atoms with Crippen LogP contribution in [0.25, 0.3) is 0 Å². The summed E-state index contributed by atoms with van der Waals surface area (Å²) in [5, 5.41) is 1.38. The molecule has 19 heavy (non-hydrogen) atoms. The molecule has 2 N–H and O–H groups in total. The van der Waals surface area contributed by atoms with Crippen LogP contribution >= 0.6 is 34.8 Å². The van der Waals surface area contributed by atoms with Gasteiger partial charge in [0.2, 0.25) is 0 Å². The summed E-state index contributed by atoms with van der Waals surface area (Å²) in [6.45, 7) is 2.87. The lowest BCUT2D eigenvalue weighted by Gasteiger charge is -2.34. The van der Waals surface area contributed by atoms with E-state index in [-0.39, 0.29) is 6.10 Å². The van der Waals surface area contributed by atoms with Crippen LogP contribution in [0.15, 0.2) is 12.1 Å². The Kier molecular flexibility index (Phi) is 5.24. The molecule has 0 heterocycles. The van der Waals surface area contributed by atoms with Gasteiger partial charge in [0, 0.05) is 12.0 Å². The van der Waals surface area contributed by atoms with Gasteiger partial charge in [-0.05, 0) is 31.4 Å². The number of ether oxygens (including phenoxy) is 1. The van der Waals surface area contributed by atoms with E-state index in [9.17, 15) is 0 Å². The minimum atomic E-state index is 0.100. The van der Waals surface area contributed by atoms with Crippen LogP contribution in [0.2, 0.25) is 15.1 Å². The highest BCUT2D eigenvalue weighted by Gasteiger charge is 2.29. The van der Waals surface area contributed by atoms with Crippen molar-refractivity contribution in [3.05, 3.63) is 27.2 Å². The normalized spacial score (nSPS) is 27.3. The average Bonchev–Trinajstić information content (AvgIpc) is 2.36. The quantitative estimate of drug-likeness (QED) is 0.812. The summed E-state index contributed by atoms with van der Waals surface area (Å²) in [4.78, 5) is 0. The Bertz CT molecular complexity index is 453. The van der Waals surface area contributed by atoms with Crippen molar-refractivity contribution in [2.75, 3.05) is 6.54 Å². The Balaban J connectivity index is 2.16. The van der Waals surface area contributed by atoms with Gasteiger partial charge in [-0.15, -0.1) is 0 Å². The molecule has 2 nitrogen and oxygen atoms in total. The van der Waals surface area contributed by atoms with Crippen molar-refractivity contribution < 1.29 is 4.74 Å². The third kappa shape index (κ3) is 3.69. The van der Waals surface area contributed by atoms with Crippen molar-refractivity contribution in [1.29, 1.82) is 0 Å². The lowest BCUT2D eigenvalue weighted by molar-refractivity contribution is 0.0743. The SMILES string of the molecule is CC1CCC(CN)C(Oc2cc(Cl)c(Cl)cc2Cl)C1. The van der Waals surface area contributed by atoms with Gasteiger partial charge in [-0.1, -0.05) is 48.1 Å². The second kappa shape index (κ2) is 6.53. The summed E-state index contributed by atoms with van der Waals surface area (Å²) in [7, 11) is 0. The van der Waals surface area contributed by atoms with E-state index in [2.05, 4.69) is 6.92 Å². The van der Waals surface area contributed by atoms with E-state index in [1.54, 1.807) is 12.1 Å². The molecule has 1 aromatic rings. The first-order chi connectivity index (χ1) is 9.01. The molecule has 0 amide bonds. The molecule has 0 bridgehead atoms. The highest BCUT2D eigenvalue weighted by atomic mass is 35.5. The molecule has 0 aromatic heterocycles. The van der Waals surface area contributed by atoms with E-state index in [4.69, 9.17) is 45.3 Å². The second-order valence-corrected chi connectivity index (χ2v) is 6.49. The number of hydrogen-bond acceptors (Lipinski definition) is 2. The molecular weight excluding hydrogens is 305 g/mol. The molecule has 1 saturated carbocycles. The Labute approximate surface area is 129 Å². The molecule has 106 valence electrons. The summed E-state index contributed by atoms with van der Waals surface area (Å²) in [6, 6.07) is 3.30. The Morgan fingerprint density at radius 2 is 1.84 bits per heavy atom. The van der Waals surface area contributed by atoms with Gasteiger partial charge in [-0.3, -0.25) is 0 Å². The number of benzene rings is 1. The predicted octanol–water partition coefficient (Wildman–Crippen LogP) is 4.79. The summed E-state index contributed by atoms with van der Waals surface area (Å²) < 4.78 is 6.04. The van der Waals surface area contributed by atoms with Crippen molar-refractivity contribution in [2.45, 2.75) is 32.3 Å². The molecule has 3 atom stereocenters. The van der Waals surface area contributed by atoms with Gasteiger partial charge >= 0.3 is 0 Å². The maximum atomic E-state index is 6.15. The largest absolute Gasteiger partial charge is 0.488 e. The lowest BCUT2D eigenvalue weighted by Crippen LogP contribution is -2.37. The van der Waals surface area contributed by atoms with E-state index >= 15 is 0 Å². The molecule has 1 aliphatic rings. The average molecular weight is 323 g/mol. The van der Waals surface area contributed by atoms with Crippen LogP contribution in [-0.2, 0) is 0 Å². The molecule has 2 rings (SSSR count). The lowest BCUT2D eigenvalue weighted by atomic mass is 9.80. The van der Waals surface area contributed by atoms with Crippen LogP contribution in [0.4, 0.5) is 0 Å². The monoisotopic (exact) mass is 321 g/mol. The summed E-state index contributed by atoms with van der Waals surface area (Å²) in [6.07, 6.45) is 3.40. The van der Waals surface area contributed by atoms with Crippen molar-refractivity contribution in [3.8, 4) is 5.75 Å². The van der Waals surface area contributed by atoms with Gasteiger partial charge in [0.1, 0.15) is 11.9 Å². The number of nitrogens with two attached hydrogens (primary N) is 1. The number of halogens is 3. The third-order valence-corrected chi connectivity index (χ3v) is 4.76. The van der Waals surface area contributed by atoms with Crippen molar-refractivity contribution in [3.63, 3.8) is 0 Å². The molecule has 3 unspecified atom stereocenters. The Hall–Kier alpha value is -0.150. The first-order valence-corrected chi connectivity index (χ1v) is 7.66. The third-order valence-electron chi connectivity index (χ3n) is 3.75. The maximum Gasteiger partial charge on any atom is 0.139 e. The molecule has 1 aliphatic carbocycles. The second-order valence-electron chi connectivity index (χ2n) is 5.27. The van der Waals surface area contributed by atoms with Crippen LogP contribution < -0.4 is 10.5 Å². The first kappa shape index (κ1) is 15.2. The Morgan fingerprint density at radius 1 is 1.16 bits per heavy atom. The zero-order valence-electron chi connectivity index (χ0n) is 10.8. The van der Waals surface area contributed by atoms with Gasteiger partial charge in [0.25, 0.3) is 0 Å². The topological polar surface area (TPSA) is 35.2 Å². The van der Waals surface area contributed by atoms with Crippen LogP contribution in [0.5, 0.6) is 5.75 Å². The minimum Gasteiger partial charge on any atom is -0.488 e. The van der Waals surface area contributed by atoms with Gasteiger partial charge in [0.05, 0.1) is 15.1 Å². The van der Waals surface area contributed by atoms with E-state index in [0.29, 0.717) is 39.2 Å². The van der Waals surface area contributed by atoms with Gasteiger partial charge in [0.15, 0.2) is 0 Å². The highest BCUT2D eigenvalue weighted by molar-refractivity contribution is 6.43. The zero-order chi connectivity index (χ0) is 14.0. The van der Waals surface area contributed by atoms with Gasteiger partial charge in [-0.25, -0.2) is 0 Å². The van der Waals surface area contributed by atoms with Crippen LogP contribution in [-0.4, -0.2) is 12.6 Å². The van der Waals surface area contributed by atoms with Gasteiger partial charge in [-0.2, -0.15) is 0 Å².